The number of aromatic nitrogens is 1. The van der Waals surface area contributed by atoms with Crippen LogP contribution in [0.4, 0.5) is 4.79 Å². The Bertz CT molecular complexity index is 496. The van der Waals surface area contributed by atoms with E-state index in [9.17, 15) is 4.79 Å². The molecule has 0 radical (unpaired) electrons. The number of nitrogens with zero attached hydrogens (tertiary/aromatic N) is 1. The number of ether oxygens (including phenoxy) is 1. The highest BCUT2D eigenvalue weighted by molar-refractivity contribution is 7.09. The summed E-state index contributed by atoms with van der Waals surface area (Å²) in [6.45, 7) is 9.86. The van der Waals surface area contributed by atoms with Crippen molar-refractivity contribution >= 4 is 17.4 Å². The van der Waals surface area contributed by atoms with Crippen LogP contribution < -0.4 is 10.6 Å². The van der Waals surface area contributed by atoms with Crippen molar-refractivity contribution in [3.63, 3.8) is 0 Å². The van der Waals surface area contributed by atoms with Gasteiger partial charge in [-0.15, -0.1) is 11.3 Å². The Kier molecular flexibility index (Phi) is 5.81. The summed E-state index contributed by atoms with van der Waals surface area (Å²) < 4.78 is 5.48. The molecule has 0 aromatic carbocycles. The van der Waals surface area contributed by atoms with Gasteiger partial charge >= 0.3 is 6.03 Å². The SMILES string of the molecule is CC1CC(NC(=O)NCCc2nc(C(C)(C)C)cs2)CCO1. The lowest BCUT2D eigenvalue weighted by molar-refractivity contribution is 0.0154. The first kappa shape index (κ1) is 17.2. The quantitative estimate of drug-likeness (QED) is 0.895. The van der Waals surface area contributed by atoms with Gasteiger partial charge in [0, 0.05) is 36.4 Å². The molecule has 22 heavy (non-hydrogen) atoms. The monoisotopic (exact) mass is 325 g/mol. The minimum absolute atomic E-state index is 0.0826. The van der Waals surface area contributed by atoms with Crippen molar-refractivity contribution in [1.29, 1.82) is 0 Å². The Balaban J connectivity index is 1.69. The van der Waals surface area contributed by atoms with Crippen LogP contribution in [0.2, 0.25) is 0 Å². The average molecular weight is 325 g/mol. The smallest absolute Gasteiger partial charge is 0.315 e. The van der Waals surface area contributed by atoms with Gasteiger partial charge in [0.25, 0.3) is 0 Å². The van der Waals surface area contributed by atoms with Gasteiger partial charge in [-0.2, -0.15) is 0 Å². The molecular formula is C16H27N3O2S. The van der Waals surface area contributed by atoms with Crippen molar-refractivity contribution in [2.24, 2.45) is 0 Å². The molecule has 2 N–H and O–H groups in total. The third kappa shape index (κ3) is 5.25. The first-order valence-corrected chi connectivity index (χ1v) is 8.83. The summed E-state index contributed by atoms with van der Waals surface area (Å²) in [7, 11) is 0. The number of carbonyl (C=O) groups is 1. The fraction of sp³-hybridized carbons (Fsp3) is 0.750. The van der Waals surface area contributed by atoms with E-state index >= 15 is 0 Å². The fourth-order valence-electron chi connectivity index (χ4n) is 2.42. The third-order valence-corrected chi connectivity index (χ3v) is 4.67. The van der Waals surface area contributed by atoms with Crippen LogP contribution in [0.1, 0.15) is 51.2 Å². The van der Waals surface area contributed by atoms with E-state index in [1.165, 1.54) is 0 Å². The van der Waals surface area contributed by atoms with Crippen molar-refractivity contribution in [2.45, 2.75) is 64.5 Å². The van der Waals surface area contributed by atoms with E-state index in [0.717, 1.165) is 36.6 Å². The Morgan fingerprint density at radius 2 is 2.27 bits per heavy atom. The van der Waals surface area contributed by atoms with Gasteiger partial charge < -0.3 is 15.4 Å². The van der Waals surface area contributed by atoms with Crippen LogP contribution in [0, 0.1) is 0 Å². The number of nitrogens with one attached hydrogen (secondary N) is 2. The molecular weight excluding hydrogens is 298 g/mol. The molecule has 5 nitrogen and oxygen atoms in total. The van der Waals surface area contributed by atoms with Crippen LogP contribution in [-0.4, -0.2) is 36.3 Å². The first-order valence-electron chi connectivity index (χ1n) is 7.95. The molecule has 1 aromatic rings. The predicted octanol–water partition coefficient (Wildman–Crippen LogP) is 2.85. The van der Waals surface area contributed by atoms with Crippen molar-refractivity contribution in [3.05, 3.63) is 16.1 Å². The number of urea groups is 1. The second-order valence-corrected chi connectivity index (χ2v) is 7.87. The Morgan fingerprint density at radius 3 is 2.91 bits per heavy atom. The molecule has 1 fully saturated rings. The fourth-order valence-corrected chi connectivity index (χ4v) is 3.44. The van der Waals surface area contributed by atoms with E-state index in [1.807, 2.05) is 6.92 Å². The minimum atomic E-state index is -0.0910. The summed E-state index contributed by atoms with van der Waals surface area (Å²) in [6.07, 6.45) is 2.78. The summed E-state index contributed by atoms with van der Waals surface area (Å²) in [5.41, 5.74) is 1.20. The zero-order valence-electron chi connectivity index (χ0n) is 13.9. The Morgan fingerprint density at radius 1 is 1.50 bits per heavy atom. The van der Waals surface area contributed by atoms with E-state index in [4.69, 9.17) is 4.74 Å². The van der Waals surface area contributed by atoms with Crippen LogP contribution in [0.15, 0.2) is 5.38 Å². The lowest BCUT2D eigenvalue weighted by Crippen LogP contribution is -2.46. The molecule has 2 unspecified atom stereocenters. The molecule has 2 rings (SSSR count). The van der Waals surface area contributed by atoms with Crippen molar-refractivity contribution < 1.29 is 9.53 Å². The summed E-state index contributed by atoms with van der Waals surface area (Å²) in [4.78, 5) is 16.5. The third-order valence-electron chi connectivity index (χ3n) is 3.76. The maximum absolute atomic E-state index is 11.9. The van der Waals surface area contributed by atoms with Crippen LogP contribution in [0.25, 0.3) is 0 Å². The van der Waals surface area contributed by atoms with Crippen molar-refractivity contribution in [2.75, 3.05) is 13.2 Å². The lowest BCUT2D eigenvalue weighted by atomic mass is 9.93. The number of amides is 2. The average Bonchev–Trinajstić information content (AvgIpc) is 2.87. The van der Waals surface area contributed by atoms with E-state index in [1.54, 1.807) is 11.3 Å². The molecule has 1 saturated heterocycles. The normalized spacial score (nSPS) is 22.4. The van der Waals surface area contributed by atoms with Gasteiger partial charge in [0.2, 0.25) is 0 Å². The predicted molar refractivity (Wildman–Crippen MR) is 89.5 cm³/mol. The number of thiazole rings is 1. The molecule has 0 saturated carbocycles. The Hall–Kier alpha value is -1.14. The number of rotatable bonds is 4. The van der Waals surface area contributed by atoms with E-state index in [-0.39, 0.29) is 23.6 Å². The van der Waals surface area contributed by atoms with Gasteiger partial charge in [-0.3, -0.25) is 0 Å². The molecule has 2 atom stereocenters. The van der Waals surface area contributed by atoms with Gasteiger partial charge in [0.05, 0.1) is 16.8 Å². The molecule has 1 aliphatic rings. The van der Waals surface area contributed by atoms with Gasteiger partial charge in [-0.05, 0) is 19.8 Å². The van der Waals surface area contributed by atoms with Crippen LogP contribution >= 0.6 is 11.3 Å². The van der Waals surface area contributed by atoms with Gasteiger partial charge in [-0.25, -0.2) is 9.78 Å². The largest absolute Gasteiger partial charge is 0.378 e. The van der Waals surface area contributed by atoms with E-state index in [0.29, 0.717) is 6.54 Å². The zero-order valence-corrected chi connectivity index (χ0v) is 14.8. The zero-order chi connectivity index (χ0) is 16.2. The highest BCUT2D eigenvalue weighted by Gasteiger charge is 2.21. The molecule has 0 bridgehead atoms. The van der Waals surface area contributed by atoms with Crippen LogP contribution in [-0.2, 0) is 16.6 Å². The molecule has 1 aromatic heterocycles. The van der Waals surface area contributed by atoms with Crippen LogP contribution in [0.3, 0.4) is 0 Å². The minimum Gasteiger partial charge on any atom is -0.378 e. The number of carbonyl (C=O) groups excluding carboxylic acids is 1. The molecule has 2 heterocycles. The maximum atomic E-state index is 11.9. The first-order chi connectivity index (χ1) is 10.3. The second-order valence-electron chi connectivity index (χ2n) is 6.93. The molecule has 1 aliphatic heterocycles. The van der Waals surface area contributed by atoms with Crippen LogP contribution in [0.5, 0.6) is 0 Å². The molecule has 124 valence electrons. The number of hydrogen-bond donors (Lipinski definition) is 2. The summed E-state index contributed by atoms with van der Waals surface area (Å²) in [5, 5.41) is 9.12. The van der Waals surface area contributed by atoms with Gasteiger partial charge in [-0.1, -0.05) is 20.8 Å². The van der Waals surface area contributed by atoms with Gasteiger partial charge in [0.15, 0.2) is 0 Å². The highest BCUT2D eigenvalue weighted by atomic mass is 32.1. The maximum Gasteiger partial charge on any atom is 0.315 e. The summed E-state index contributed by atoms with van der Waals surface area (Å²) in [5.74, 6) is 0. The summed E-state index contributed by atoms with van der Waals surface area (Å²) >= 11 is 1.66. The summed E-state index contributed by atoms with van der Waals surface area (Å²) in [6, 6.07) is 0.128. The van der Waals surface area contributed by atoms with E-state index in [2.05, 4.69) is 41.8 Å². The van der Waals surface area contributed by atoms with Crippen molar-refractivity contribution in [1.82, 2.24) is 15.6 Å². The van der Waals surface area contributed by atoms with Gasteiger partial charge in [0.1, 0.15) is 0 Å². The van der Waals surface area contributed by atoms with Crippen molar-refractivity contribution in [3.8, 4) is 0 Å². The number of hydrogen-bond acceptors (Lipinski definition) is 4. The molecule has 2 amide bonds. The standard InChI is InChI=1S/C16H27N3O2S/c1-11-9-12(6-8-21-11)18-15(20)17-7-5-14-19-13(10-22-14)16(2,3)4/h10-12H,5-9H2,1-4H3,(H2,17,18,20). The topological polar surface area (TPSA) is 63.2 Å². The van der Waals surface area contributed by atoms with E-state index < -0.39 is 0 Å². The molecule has 0 aliphatic carbocycles. The molecule has 6 heteroatoms. The molecule has 0 spiro atoms. The lowest BCUT2D eigenvalue weighted by Gasteiger charge is -2.27. The second kappa shape index (κ2) is 7.42. The highest BCUT2D eigenvalue weighted by Crippen LogP contribution is 2.23. The Labute approximate surface area is 136 Å².